The monoisotopic (exact) mass is 399 g/mol. The Morgan fingerprint density at radius 2 is 1.81 bits per heavy atom. The van der Waals surface area contributed by atoms with Gasteiger partial charge in [0.2, 0.25) is 0 Å². The Hall–Kier alpha value is -2.44. The number of aryl methyl sites for hydroxylation is 1. The summed E-state index contributed by atoms with van der Waals surface area (Å²) in [5.41, 5.74) is 3.02. The number of pyridine rings is 1. The first-order chi connectivity index (χ1) is 13.2. The number of benzene rings is 2. The van der Waals surface area contributed by atoms with E-state index < -0.39 is 0 Å². The molecule has 4 aromatic rings. The summed E-state index contributed by atoms with van der Waals surface area (Å²) in [5.74, 6) is 2.39. The number of nitrogens with zero attached hydrogens (tertiary/aromatic N) is 3. The highest BCUT2D eigenvalue weighted by molar-refractivity contribution is 7.99. The average Bonchev–Trinajstić information content (AvgIpc) is 3.08. The molecule has 0 spiro atoms. The van der Waals surface area contributed by atoms with Crippen molar-refractivity contribution in [2.45, 2.75) is 12.1 Å². The molecule has 0 amide bonds. The van der Waals surface area contributed by atoms with Gasteiger partial charge in [0.05, 0.1) is 19.2 Å². The van der Waals surface area contributed by atoms with E-state index >= 15 is 0 Å². The van der Waals surface area contributed by atoms with Crippen molar-refractivity contribution < 1.29 is 9.47 Å². The third kappa shape index (κ3) is 3.68. The van der Waals surface area contributed by atoms with Crippen molar-refractivity contribution in [3.8, 4) is 11.5 Å². The van der Waals surface area contributed by atoms with Crippen LogP contribution in [-0.2, 0) is 0 Å². The summed E-state index contributed by atoms with van der Waals surface area (Å²) in [6.45, 7) is 2.63. The lowest BCUT2D eigenvalue weighted by molar-refractivity contribution is 0.342. The number of hydrogen-bond donors (Lipinski definition) is 0. The Morgan fingerprint density at radius 1 is 1.04 bits per heavy atom. The smallest absolute Gasteiger partial charge is 0.196 e. The van der Waals surface area contributed by atoms with Gasteiger partial charge in [-0.2, -0.15) is 0 Å². The largest absolute Gasteiger partial charge is 0.497 e. The molecule has 5 nitrogen and oxygen atoms in total. The highest BCUT2D eigenvalue weighted by Gasteiger charge is 2.12. The highest BCUT2D eigenvalue weighted by Crippen LogP contribution is 2.28. The number of halogens is 1. The van der Waals surface area contributed by atoms with Gasteiger partial charge in [0, 0.05) is 16.2 Å². The van der Waals surface area contributed by atoms with Crippen LogP contribution in [0.15, 0.2) is 53.7 Å². The molecular weight excluding hydrogens is 382 g/mol. The Kier molecular flexibility index (Phi) is 5.09. The fraction of sp³-hybridized carbons (Fsp3) is 0.200. The zero-order valence-electron chi connectivity index (χ0n) is 15.0. The van der Waals surface area contributed by atoms with Crippen LogP contribution < -0.4 is 9.47 Å². The molecule has 0 aliphatic carbocycles. The van der Waals surface area contributed by atoms with Gasteiger partial charge < -0.3 is 9.47 Å². The Bertz CT molecular complexity index is 1100. The van der Waals surface area contributed by atoms with Gasteiger partial charge in [-0.05, 0) is 61.0 Å². The quantitative estimate of drug-likeness (QED) is 0.336. The van der Waals surface area contributed by atoms with Gasteiger partial charge in [-0.15, -0.1) is 10.2 Å². The van der Waals surface area contributed by atoms with E-state index in [1.165, 1.54) is 0 Å². The molecule has 138 valence electrons. The van der Waals surface area contributed by atoms with Crippen molar-refractivity contribution in [1.29, 1.82) is 0 Å². The van der Waals surface area contributed by atoms with Crippen molar-refractivity contribution in [3.05, 3.63) is 59.1 Å². The van der Waals surface area contributed by atoms with E-state index in [0.717, 1.165) is 49.5 Å². The fourth-order valence-corrected chi connectivity index (χ4v) is 3.89. The van der Waals surface area contributed by atoms with Gasteiger partial charge in [-0.1, -0.05) is 23.4 Å². The van der Waals surface area contributed by atoms with Gasteiger partial charge in [0.1, 0.15) is 11.5 Å². The normalized spacial score (nSPS) is 11.2. The van der Waals surface area contributed by atoms with E-state index in [2.05, 4.69) is 21.5 Å². The summed E-state index contributed by atoms with van der Waals surface area (Å²) in [6.07, 6.45) is 0. The maximum atomic E-state index is 6.17. The summed E-state index contributed by atoms with van der Waals surface area (Å²) in [4.78, 5) is 0. The summed E-state index contributed by atoms with van der Waals surface area (Å²) < 4.78 is 13.0. The van der Waals surface area contributed by atoms with Crippen molar-refractivity contribution in [1.82, 2.24) is 14.6 Å². The van der Waals surface area contributed by atoms with Crippen LogP contribution in [0.4, 0.5) is 0 Å². The molecule has 0 aliphatic rings. The lowest BCUT2D eigenvalue weighted by Crippen LogP contribution is -2.01. The molecule has 0 radical (unpaired) electrons. The van der Waals surface area contributed by atoms with Crippen LogP contribution in [-0.4, -0.2) is 34.1 Å². The number of ether oxygens (including phenoxy) is 2. The molecule has 0 unspecified atom stereocenters. The van der Waals surface area contributed by atoms with Crippen LogP contribution in [0.25, 0.3) is 16.6 Å². The first-order valence-electron chi connectivity index (χ1n) is 8.49. The number of hydrogen-bond acceptors (Lipinski definition) is 5. The maximum Gasteiger partial charge on any atom is 0.196 e. The molecule has 0 aliphatic heterocycles. The van der Waals surface area contributed by atoms with Gasteiger partial charge in [-0.3, -0.25) is 4.40 Å². The van der Waals surface area contributed by atoms with Crippen LogP contribution in [0.5, 0.6) is 11.5 Å². The van der Waals surface area contributed by atoms with Crippen LogP contribution in [0.1, 0.15) is 5.56 Å². The van der Waals surface area contributed by atoms with E-state index in [1.807, 2.05) is 48.5 Å². The third-order valence-electron chi connectivity index (χ3n) is 4.27. The van der Waals surface area contributed by atoms with Crippen LogP contribution in [0, 0.1) is 6.92 Å². The average molecular weight is 400 g/mol. The second-order valence-electron chi connectivity index (χ2n) is 6.04. The third-order valence-corrected chi connectivity index (χ3v) is 5.40. The number of rotatable bonds is 6. The summed E-state index contributed by atoms with van der Waals surface area (Å²) >= 11 is 7.78. The Morgan fingerprint density at radius 3 is 2.59 bits per heavy atom. The molecule has 0 N–H and O–H groups in total. The second-order valence-corrected chi connectivity index (χ2v) is 7.54. The summed E-state index contributed by atoms with van der Waals surface area (Å²) in [6, 6.07) is 15.5. The molecule has 0 bridgehead atoms. The molecule has 4 rings (SSSR count). The van der Waals surface area contributed by atoms with Gasteiger partial charge in [0.25, 0.3) is 0 Å². The van der Waals surface area contributed by atoms with E-state index in [9.17, 15) is 0 Å². The van der Waals surface area contributed by atoms with Crippen LogP contribution in [0.3, 0.4) is 0 Å². The van der Waals surface area contributed by atoms with Crippen LogP contribution in [0.2, 0.25) is 5.02 Å². The molecule has 0 saturated carbocycles. The van der Waals surface area contributed by atoms with Crippen molar-refractivity contribution in [2.24, 2.45) is 0 Å². The molecule has 0 fully saturated rings. The molecule has 2 heterocycles. The lowest BCUT2D eigenvalue weighted by atomic mass is 10.1. The molecule has 7 heteroatoms. The number of methoxy groups -OCH3 is 1. The van der Waals surface area contributed by atoms with E-state index in [4.69, 9.17) is 21.1 Å². The highest BCUT2D eigenvalue weighted by atomic mass is 35.5. The predicted molar refractivity (Wildman–Crippen MR) is 109 cm³/mol. The first-order valence-corrected chi connectivity index (χ1v) is 9.86. The van der Waals surface area contributed by atoms with Crippen molar-refractivity contribution in [3.63, 3.8) is 0 Å². The first kappa shape index (κ1) is 17.9. The molecule has 2 aromatic carbocycles. The number of aromatic nitrogens is 3. The van der Waals surface area contributed by atoms with Gasteiger partial charge in [-0.25, -0.2) is 0 Å². The molecule has 27 heavy (non-hydrogen) atoms. The summed E-state index contributed by atoms with van der Waals surface area (Å²) in [7, 11) is 1.65. The minimum Gasteiger partial charge on any atom is -0.497 e. The Balaban J connectivity index is 1.50. The van der Waals surface area contributed by atoms with Crippen molar-refractivity contribution >= 4 is 39.9 Å². The van der Waals surface area contributed by atoms with Gasteiger partial charge >= 0.3 is 0 Å². The zero-order chi connectivity index (χ0) is 18.8. The van der Waals surface area contributed by atoms with E-state index in [1.54, 1.807) is 18.9 Å². The number of fused-ring (bicyclic) bond motifs is 3. The van der Waals surface area contributed by atoms with Crippen molar-refractivity contribution in [2.75, 3.05) is 19.5 Å². The number of thioether (sulfide) groups is 1. The molecule has 0 atom stereocenters. The Labute approximate surface area is 166 Å². The SMILES string of the molecule is COc1ccc(OCCSc2nnc3cc(C)c4cc(Cl)ccc4n23)cc1. The maximum absolute atomic E-state index is 6.17. The van der Waals surface area contributed by atoms with E-state index in [-0.39, 0.29) is 0 Å². The zero-order valence-corrected chi connectivity index (χ0v) is 16.5. The summed E-state index contributed by atoms with van der Waals surface area (Å²) in [5, 5.41) is 11.3. The fourth-order valence-electron chi connectivity index (χ4n) is 2.95. The minimum absolute atomic E-state index is 0.571. The predicted octanol–water partition coefficient (Wildman–Crippen LogP) is 5.02. The van der Waals surface area contributed by atoms with E-state index in [0.29, 0.717) is 6.61 Å². The molecular formula is C20H18ClN3O2S. The molecule has 0 saturated heterocycles. The van der Waals surface area contributed by atoms with Crippen LogP contribution >= 0.6 is 23.4 Å². The molecule has 2 aromatic heterocycles. The topological polar surface area (TPSA) is 48.7 Å². The standard InChI is InChI=1S/C20H18ClN3O2S/c1-13-11-19-22-23-20(24(19)18-8-3-14(21)12-17(13)18)27-10-9-26-16-6-4-15(25-2)5-7-16/h3-8,11-12H,9-10H2,1-2H3. The van der Waals surface area contributed by atoms with Gasteiger partial charge in [0.15, 0.2) is 10.8 Å². The second kappa shape index (κ2) is 7.66. The lowest BCUT2D eigenvalue weighted by Gasteiger charge is -2.09. The minimum atomic E-state index is 0.571.